The molecule has 1 aliphatic rings. The first-order valence-corrected chi connectivity index (χ1v) is 12.8. The van der Waals surface area contributed by atoms with Crippen LogP contribution in [0.15, 0.2) is 24.3 Å². The van der Waals surface area contributed by atoms with Crippen LogP contribution in [0.5, 0.6) is 0 Å². The van der Waals surface area contributed by atoms with E-state index in [1.807, 2.05) is 6.92 Å². The molecule has 2 aromatic rings. The molecule has 32 heavy (non-hydrogen) atoms. The predicted octanol–water partition coefficient (Wildman–Crippen LogP) is 5.18. The molecule has 0 saturated heterocycles. The number of carboxylic acid groups (broad SMARTS) is 1. The third-order valence-corrected chi connectivity index (χ3v) is 7.29. The van der Waals surface area contributed by atoms with Crippen molar-refractivity contribution in [2.75, 3.05) is 12.8 Å². The van der Waals surface area contributed by atoms with Crippen LogP contribution in [-0.4, -0.2) is 39.6 Å². The lowest BCUT2D eigenvalue weighted by atomic mass is 9.88. The first-order chi connectivity index (χ1) is 15.2. The minimum absolute atomic E-state index is 0.0730. The zero-order chi connectivity index (χ0) is 23.4. The third-order valence-electron chi connectivity index (χ3n) is 5.99. The van der Waals surface area contributed by atoms with E-state index >= 15 is 0 Å². The topological polar surface area (TPSA) is 88.8 Å². The highest BCUT2D eigenvalue weighted by atomic mass is 31.1. The molecule has 6 nitrogen and oxygen atoms in total. The van der Waals surface area contributed by atoms with Crippen molar-refractivity contribution in [1.29, 1.82) is 0 Å². The number of hydrogen-bond donors (Lipinski definition) is 2. The molecule has 176 valence electrons. The Morgan fingerprint density at radius 3 is 2.50 bits per heavy atom. The Balaban J connectivity index is 1.92. The summed E-state index contributed by atoms with van der Waals surface area (Å²) in [6.45, 7) is 7.48. The van der Waals surface area contributed by atoms with Crippen molar-refractivity contribution in [2.24, 2.45) is 0 Å². The van der Waals surface area contributed by atoms with Crippen LogP contribution >= 0.6 is 8.03 Å². The Bertz CT molecular complexity index is 970. The summed E-state index contributed by atoms with van der Waals surface area (Å²) in [5.74, 6) is -1.20. The number of benzene rings is 1. The molecule has 0 amide bonds. The van der Waals surface area contributed by atoms with Gasteiger partial charge in [-0.1, -0.05) is 20.8 Å². The molecule has 1 aliphatic heterocycles. The average molecular weight is 466 g/mol. The van der Waals surface area contributed by atoms with Crippen molar-refractivity contribution in [3.05, 3.63) is 46.9 Å². The highest BCUT2D eigenvalue weighted by molar-refractivity contribution is 7.39. The van der Waals surface area contributed by atoms with E-state index in [2.05, 4.69) is 18.4 Å². The van der Waals surface area contributed by atoms with E-state index in [0.717, 1.165) is 42.6 Å². The van der Waals surface area contributed by atoms with Gasteiger partial charge in [0.05, 0.1) is 24.8 Å². The van der Waals surface area contributed by atoms with Gasteiger partial charge in [-0.05, 0) is 66.1 Å². The number of aliphatic carboxylic acids is 1. The maximum absolute atomic E-state index is 13.6. The summed E-state index contributed by atoms with van der Waals surface area (Å²) >= 11 is 0. The summed E-state index contributed by atoms with van der Waals surface area (Å²) in [7, 11) is -2.57. The quantitative estimate of drug-likeness (QED) is 0.472. The fourth-order valence-corrected chi connectivity index (χ4v) is 5.76. The second kappa shape index (κ2) is 10.8. The molecule has 0 fully saturated rings. The molecular formula is C24H33FNO5P. The molecule has 1 aromatic heterocycles. The van der Waals surface area contributed by atoms with E-state index in [9.17, 15) is 18.9 Å². The molecule has 0 aliphatic carbocycles. The number of halogens is 1. The largest absolute Gasteiger partial charge is 0.481 e. The zero-order valence-corrected chi connectivity index (χ0v) is 19.9. The molecule has 2 N–H and O–H groups in total. The van der Waals surface area contributed by atoms with Crippen LogP contribution in [0.2, 0.25) is 0 Å². The number of aliphatic hydroxyl groups excluding tert-OH is 1. The van der Waals surface area contributed by atoms with Crippen molar-refractivity contribution in [2.45, 2.75) is 70.9 Å². The molecule has 0 bridgehead atoms. The number of rotatable bonds is 10. The van der Waals surface area contributed by atoms with Crippen LogP contribution in [0.3, 0.4) is 0 Å². The first kappa shape index (κ1) is 24.7. The number of nitrogens with zero attached hydrogens (tertiary/aromatic N) is 1. The molecule has 3 rings (SSSR count). The highest BCUT2D eigenvalue weighted by Gasteiger charge is 2.30. The molecule has 0 spiro atoms. The van der Waals surface area contributed by atoms with Crippen molar-refractivity contribution in [3.63, 3.8) is 0 Å². The molecule has 3 atom stereocenters. The second-order valence-electron chi connectivity index (χ2n) is 8.93. The van der Waals surface area contributed by atoms with Crippen LogP contribution in [0.1, 0.15) is 68.7 Å². The standard InChI is InChI=1S/C24H33FNO5P/c1-15(2)22-20-6-4-5-11-26(20)24(17-7-9-18(25)10-8-17)23(22)16(3)13-31-32(30)14-19(27)12-21(28)29/h7-10,15-16,19,27,32H,4-6,11-14H2,1-3H3,(H,28,29). The second-order valence-corrected chi connectivity index (χ2v) is 10.4. The highest BCUT2D eigenvalue weighted by Crippen LogP contribution is 2.43. The maximum atomic E-state index is 13.6. The predicted molar refractivity (Wildman–Crippen MR) is 123 cm³/mol. The molecule has 0 saturated carbocycles. The lowest BCUT2D eigenvalue weighted by molar-refractivity contribution is -0.138. The van der Waals surface area contributed by atoms with Gasteiger partial charge in [-0.3, -0.25) is 9.36 Å². The normalized spacial score (nSPS) is 16.6. The Hall–Kier alpha value is -1.95. The fraction of sp³-hybridized carbons (Fsp3) is 0.542. The Morgan fingerprint density at radius 1 is 1.19 bits per heavy atom. The van der Waals surface area contributed by atoms with E-state index in [-0.39, 0.29) is 30.4 Å². The van der Waals surface area contributed by atoms with E-state index in [0.29, 0.717) is 0 Å². The maximum Gasteiger partial charge on any atom is 0.305 e. The van der Waals surface area contributed by atoms with Crippen LogP contribution < -0.4 is 0 Å². The van der Waals surface area contributed by atoms with Crippen LogP contribution in [-0.2, 0) is 26.8 Å². The number of carbonyl (C=O) groups is 1. The van der Waals surface area contributed by atoms with Crippen LogP contribution in [0.4, 0.5) is 4.39 Å². The average Bonchev–Trinajstić information content (AvgIpc) is 3.07. The van der Waals surface area contributed by atoms with Gasteiger partial charge in [0.2, 0.25) is 0 Å². The first-order valence-electron chi connectivity index (χ1n) is 11.3. The summed E-state index contributed by atoms with van der Waals surface area (Å²) in [5.41, 5.74) is 5.77. The Morgan fingerprint density at radius 2 is 1.88 bits per heavy atom. The third kappa shape index (κ3) is 5.69. The molecule has 3 unspecified atom stereocenters. The SMILES string of the molecule is CC(C)c1c(C(C)CO[PH](=O)CC(O)CC(=O)O)c(-c2ccc(F)cc2)n2c1CCCC2. The number of fused-ring (bicyclic) bond motifs is 1. The van der Waals surface area contributed by atoms with E-state index in [4.69, 9.17) is 9.63 Å². The van der Waals surface area contributed by atoms with Crippen LogP contribution in [0.25, 0.3) is 11.3 Å². The summed E-state index contributed by atoms with van der Waals surface area (Å²) < 4.78 is 33.9. The summed E-state index contributed by atoms with van der Waals surface area (Å²) in [6.07, 6.45) is 1.41. The molecule has 0 radical (unpaired) electrons. The number of hydrogen-bond acceptors (Lipinski definition) is 4. The van der Waals surface area contributed by atoms with Gasteiger partial charge in [-0.25, -0.2) is 4.39 Å². The van der Waals surface area contributed by atoms with Gasteiger partial charge >= 0.3 is 5.97 Å². The van der Waals surface area contributed by atoms with Crippen molar-refractivity contribution >= 4 is 14.0 Å². The lowest BCUT2D eigenvalue weighted by Gasteiger charge is -2.20. The summed E-state index contributed by atoms with van der Waals surface area (Å²) in [4.78, 5) is 10.7. The van der Waals surface area contributed by atoms with E-state index < -0.39 is 26.5 Å². The summed E-state index contributed by atoms with van der Waals surface area (Å²) in [5, 5.41) is 18.5. The molecular weight excluding hydrogens is 432 g/mol. The Labute approximate surface area is 189 Å². The minimum atomic E-state index is -2.57. The zero-order valence-electron chi connectivity index (χ0n) is 18.9. The smallest absolute Gasteiger partial charge is 0.305 e. The van der Waals surface area contributed by atoms with E-state index in [1.54, 1.807) is 12.1 Å². The monoisotopic (exact) mass is 465 g/mol. The minimum Gasteiger partial charge on any atom is -0.481 e. The lowest BCUT2D eigenvalue weighted by Crippen LogP contribution is -2.16. The van der Waals surface area contributed by atoms with Crippen LogP contribution in [0, 0.1) is 5.82 Å². The van der Waals surface area contributed by atoms with Crippen molar-refractivity contribution in [1.82, 2.24) is 4.57 Å². The van der Waals surface area contributed by atoms with Gasteiger partial charge in [0, 0.05) is 24.3 Å². The fourth-order valence-electron chi connectivity index (χ4n) is 4.68. The number of aromatic nitrogens is 1. The van der Waals surface area contributed by atoms with Gasteiger partial charge < -0.3 is 19.3 Å². The molecule has 2 heterocycles. The van der Waals surface area contributed by atoms with Crippen molar-refractivity contribution in [3.8, 4) is 11.3 Å². The van der Waals surface area contributed by atoms with E-state index in [1.165, 1.54) is 23.4 Å². The van der Waals surface area contributed by atoms with Gasteiger partial charge in [0.1, 0.15) is 5.82 Å². The van der Waals surface area contributed by atoms with Crippen molar-refractivity contribution < 1.29 is 28.5 Å². The molecule has 1 aromatic carbocycles. The van der Waals surface area contributed by atoms with Gasteiger partial charge in [-0.15, -0.1) is 0 Å². The van der Waals surface area contributed by atoms with Gasteiger partial charge in [0.25, 0.3) is 0 Å². The van der Waals surface area contributed by atoms with Gasteiger partial charge in [-0.2, -0.15) is 0 Å². The van der Waals surface area contributed by atoms with Gasteiger partial charge in [0.15, 0.2) is 8.03 Å². The molecule has 8 heteroatoms. The summed E-state index contributed by atoms with van der Waals surface area (Å²) in [6, 6.07) is 6.55. The Kier molecular flexibility index (Phi) is 8.32. The number of aliphatic hydroxyl groups is 1. The number of carboxylic acids is 1.